The minimum Gasteiger partial charge on any atom is -0.494 e. The largest absolute Gasteiger partial charge is 0.494 e. The second-order valence-electron chi connectivity index (χ2n) is 4.69. The topological polar surface area (TPSA) is 70.5 Å². The lowest BCUT2D eigenvalue weighted by molar-refractivity contribution is 0.340. The highest BCUT2D eigenvalue weighted by molar-refractivity contribution is 5.42. The van der Waals surface area contributed by atoms with Gasteiger partial charge in [0.25, 0.3) is 0 Å². The van der Waals surface area contributed by atoms with Gasteiger partial charge < -0.3 is 4.74 Å². The Morgan fingerprint density at radius 1 is 1.09 bits per heavy atom. The zero-order chi connectivity index (χ0) is 15.7. The summed E-state index contributed by atoms with van der Waals surface area (Å²) in [7, 11) is 0. The molecular weight excluding hydrogens is 284 g/mol. The van der Waals surface area contributed by atoms with Gasteiger partial charge in [-0.2, -0.15) is 0 Å². The Labute approximate surface area is 126 Å². The third-order valence-electron chi connectivity index (χ3n) is 3.37. The smallest absolute Gasteiger partial charge is 0.350 e. The van der Waals surface area contributed by atoms with Gasteiger partial charge in [0.05, 0.1) is 6.61 Å². The van der Waals surface area contributed by atoms with E-state index in [2.05, 4.69) is 5.10 Å². The second-order valence-corrected chi connectivity index (χ2v) is 4.69. The maximum Gasteiger partial charge on any atom is 0.350 e. The van der Waals surface area contributed by atoms with Crippen LogP contribution in [0.5, 0.6) is 5.75 Å². The molecule has 0 saturated heterocycles. The van der Waals surface area contributed by atoms with Gasteiger partial charge in [0, 0.05) is 24.6 Å². The van der Waals surface area contributed by atoms with E-state index < -0.39 is 0 Å². The van der Waals surface area contributed by atoms with Gasteiger partial charge in [-0.05, 0) is 38.1 Å². The van der Waals surface area contributed by atoms with Crippen LogP contribution in [0.2, 0.25) is 0 Å². The van der Waals surface area contributed by atoms with E-state index >= 15 is 0 Å². The molecule has 22 heavy (non-hydrogen) atoms. The van der Waals surface area contributed by atoms with Crippen molar-refractivity contribution in [3.05, 3.63) is 57.5 Å². The number of ether oxygens (including phenoxy) is 1. The van der Waals surface area contributed by atoms with Crippen LogP contribution in [-0.2, 0) is 6.54 Å². The van der Waals surface area contributed by atoms with Gasteiger partial charge in [-0.15, -0.1) is 5.10 Å². The van der Waals surface area contributed by atoms with Crippen molar-refractivity contribution in [1.82, 2.24) is 18.7 Å². The zero-order valence-corrected chi connectivity index (χ0v) is 12.4. The lowest BCUT2D eigenvalue weighted by Crippen LogP contribution is -2.23. The van der Waals surface area contributed by atoms with Gasteiger partial charge in [-0.3, -0.25) is 9.36 Å². The molecular formula is C15H16N4O3. The molecule has 7 heteroatoms. The van der Waals surface area contributed by atoms with Crippen molar-refractivity contribution in [2.75, 3.05) is 6.61 Å². The fourth-order valence-electron chi connectivity index (χ4n) is 2.29. The van der Waals surface area contributed by atoms with Crippen molar-refractivity contribution in [1.29, 1.82) is 0 Å². The average Bonchev–Trinajstić information content (AvgIpc) is 2.86. The summed E-state index contributed by atoms with van der Waals surface area (Å²) in [5.74, 6) is 0.742. The number of hydrogen-bond acceptors (Lipinski definition) is 4. The predicted molar refractivity (Wildman–Crippen MR) is 81.9 cm³/mol. The quantitative estimate of drug-likeness (QED) is 0.722. The second kappa shape index (κ2) is 5.51. The molecule has 0 N–H and O–H groups in total. The summed E-state index contributed by atoms with van der Waals surface area (Å²) in [5.41, 5.74) is 0.155. The molecule has 0 unspecified atom stereocenters. The zero-order valence-electron chi connectivity index (χ0n) is 12.4. The molecule has 0 aliphatic heterocycles. The summed E-state index contributed by atoms with van der Waals surface area (Å²) in [5, 5.41) is 4.07. The average molecular weight is 300 g/mol. The summed E-state index contributed by atoms with van der Waals surface area (Å²) in [6.45, 7) is 4.72. The standard InChI is InChI=1S/C15H16N4O3/c1-3-19-15(21)18-10-9-17(14(20)13(18)16-19)11-5-7-12(8-6-11)22-4-2/h5-10H,3-4H2,1-2H3. The van der Waals surface area contributed by atoms with Crippen molar-refractivity contribution < 1.29 is 4.74 Å². The molecule has 2 heterocycles. The molecule has 0 aliphatic rings. The van der Waals surface area contributed by atoms with E-state index in [1.54, 1.807) is 43.6 Å². The molecule has 0 bridgehead atoms. The lowest BCUT2D eigenvalue weighted by atomic mass is 10.3. The van der Waals surface area contributed by atoms with Crippen molar-refractivity contribution in [2.45, 2.75) is 20.4 Å². The normalized spacial score (nSPS) is 11.0. The SMILES string of the molecule is CCOc1ccc(-n2ccn3c(=O)n(CC)nc3c2=O)cc1. The van der Waals surface area contributed by atoms with Crippen LogP contribution in [0.15, 0.2) is 46.2 Å². The van der Waals surface area contributed by atoms with Gasteiger partial charge >= 0.3 is 11.2 Å². The van der Waals surface area contributed by atoms with Gasteiger partial charge in [0.2, 0.25) is 5.65 Å². The van der Waals surface area contributed by atoms with Gasteiger partial charge in [-0.1, -0.05) is 0 Å². The van der Waals surface area contributed by atoms with Crippen molar-refractivity contribution in [3.8, 4) is 11.4 Å². The Kier molecular flexibility index (Phi) is 3.54. The third kappa shape index (κ3) is 2.20. The molecule has 0 saturated carbocycles. The fourth-order valence-corrected chi connectivity index (χ4v) is 2.29. The molecule has 0 radical (unpaired) electrons. The highest BCUT2D eigenvalue weighted by atomic mass is 16.5. The monoisotopic (exact) mass is 300 g/mol. The Bertz CT molecular complexity index is 919. The first-order chi connectivity index (χ1) is 10.7. The molecule has 3 aromatic rings. The summed E-state index contributed by atoms with van der Waals surface area (Å²) in [6, 6.07) is 7.17. The predicted octanol–water partition coefficient (Wildman–Crippen LogP) is 1.07. The number of aromatic nitrogens is 4. The van der Waals surface area contributed by atoms with E-state index in [0.717, 1.165) is 5.75 Å². The highest BCUT2D eigenvalue weighted by Gasteiger charge is 2.11. The van der Waals surface area contributed by atoms with Crippen molar-refractivity contribution in [2.24, 2.45) is 0 Å². The van der Waals surface area contributed by atoms with Crippen molar-refractivity contribution in [3.63, 3.8) is 0 Å². The third-order valence-corrected chi connectivity index (χ3v) is 3.37. The van der Waals surface area contributed by atoms with E-state index in [1.807, 2.05) is 6.92 Å². The minimum absolute atomic E-state index is 0.114. The van der Waals surface area contributed by atoms with Crippen LogP contribution in [0.3, 0.4) is 0 Å². The first-order valence-corrected chi connectivity index (χ1v) is 7.09. The number of nitrogens with zero attached hydrogens (tertiary/aromatic N) is 4. The van der Waals surface area contributed by atoms with Crippen LogP contribution in [0.4, 0.5) is 0 Å². The molecule has 0 fully saturated rings. The van der Waals surface area contributed by atoms with E-state index in [9.17, 15) is 9.59 Å². The van der Waals surface area contributed by atoms with E-state index in [4.69, 9.17) is 4.74 Å². The molecule has 0 atom stereocenters. The van der Waals surface area contributed by atoms with E-state index in [0.29, 0.717) is 18.8 Å². The van der Waals surface area contributed by atoms with Crippen LogP contribution < -0.4 is 16.0 Å². The van der Waals surface area contributed by atoms with Gasteiger partial charge in [0.1, 0.15) is 5.75 Å². The minimum atomic E-state index is -0.337. The van der Waals surface area contributed by atoms with Crippen LogP contribution in [0, 0.1) is 0 Å². The highest BCUT2D eigenvalue weighted by Crippen LogP contribution is 2.14. The summed E-state index contributed by atoms with van der Waals surface area (Å²) in [6.07, 6.45) is 3.11. The first-order valence-electron chi connectivity index (χ1n) is 7.09. The molecule has 7 nitrogen and oxygen atoms in total. The number of aryl methyl sites for hydroxylation is 1. The number of hydrogen-bond donors (Lipinski definition) is 0. The molecule has 0 spiro atoms. The molecule has 0 aliphatic carbocycles. The first kappa shape index (κ1) is 14.1. The molecule has 2 aromatic heterocycles. The summed E-state index contributed by atoms with van der Waals surface area (Å²) >= 11 is 0. The molecule has 0 amide bonds. The maximum atomic E-state index is 12.5. The number of rotatable bonds is 4. The van der Waals surface area contributed by atoms with Gasteiger partial charge in [0.15, 0.2) is 0 Å². The molecule has 1 aromatic carbocycles. The Morgan fingerprint density at radius 2 is 1.82 bits per heavy atom. The Hall–Kier alpha value is -2.83. The van der Waals surface area contributed by atoms with Crippen molar-refractivity contribution >= 4 is 5.65 Å². The van der Waals surface area contributed by atoms with E-state index in [-0.39, 0.29) is 16.9 Å². The Morgan fingerprint density at radius 3 is 2.45 bits per heavy atom. The van der Waals surface area contributed by atoms with Crippen LogP contribution in [-0.4, -0.2) is 25.4 Å². The Balaban J connectivity index is 2.13. The lowest BCUT2D eigenvalue weighted by Gasteiger charge is -2.07. The fraction of sp³-hybridized carbons (Fsp3) is 0.267. The van der Waals surface area contributed by atoms with Crippen LogP contribution in [0.25, 0.3) is 11.3 Å². The molecule has 114 valence electrons. The van der Waals surface area contributed by atoms with E-state index in [1.165, 1.54) is 13.6 Å². The van der Waals surface area contributed by atoms with Gasteiger partial charge in [-0.25, -0.2) is 13.9 Å². The summed E-state index contributed by atoms with van der Waals surface area (Å²) < 4.78 is 9.36. The molecule has 3 rings (SSSR count). The number of benzene rings is 1. The maximum absolute atomic E-state index is 12.5. The summed E-state index contributed by atoms with van der Waals surface area (Å²) in [4.78, 5) is 24.5. The van der Waals surface area contributed by atoms with Crippen LogP contribution >= 0.6 is 0 Å². The number of fused-ring (bicyclic) bond motifs is 1. The van der Waals surface area contributed by atoms with Crippen LogP contribution in [0.1, 0.15) is 13.8 Å².